The van der Waals surface area contributed by atoms with Crippen LogP contribution in [0.5, 0.6) is 0 Å². The van der Waals surface area contributed by atoms with Crippen LogP contribution in [0.25, 0.3) is 5.52 Å². The summed E-state index contributed by atoms with van der Waals surface area (Å²) in [6, 6.07) is -0.184. The molecule has 1 saturated carbocycles. The molecule has 1 aliphatic carbocycles. The first-order chi connectivity index (χ1) is 11.6. The predicted molar refractivity (Wildman–Crippen MR) is 88.0 cm³/mol. The highest BCUT2D eigenvalue weighted by atomic mass is 35.5. The Labute approximate surface area is 144 Å². The molecule has 2 fully saturated rings. The van der Waals surface area contributed by atoms with E-state index in [0.29, 0.717) is 30.2 Å². The monoisotopic (exact) mass is 354 g/mol. The van der Waals surface area contributed by atoms with Gasteiger partial charge in [-0.15, -0.1) is 5.10 Å². The highest BCUT2D eigenvalue weighted by molar-refractivity contribution is 6.34. The first-order valence-corrected chi connectivity index (χ1v) is 8.69. The number of hydrogen-bond donors (Lipinski definition) is 2. The Hall–Kier alpha value is -1.44. The van der Waals surface area contributed by atoms with Crippen LogP contribution < -0.4 is 5.32 Å². The molecule has 0 bridgehead atoms. The van der Waals surface area contributed by atoms with E-state index in [1.807, 2.05) is 0 Å². The largest absolute Gasteiger partial charge is 0.389 e. The van der Waals surface area contributed by atoms with Crippen molar-refractivity contribution in [3.63, 3.8) is 0 Å². The van der Waals surface area contributed by atoms with Gasteiger partial charge < -0.3 is 15.2 Å². The number of aromatic nitrogens is 3. The van der Waals surface area contributed by atoms with Gasteiger partial charge in [0.2, 0.25) is 5.95 Å². The lowest BCUT2D eigenvalue weighted by atomic mass is 9.99. The van der Waals surface area contributed by atoms with Crippen LogP contribution in [0.4, 0.5) is 10.3 Å². The fourth-order valence-electron chi connectivity index (χ4n) is 3.47. The average Bonchev–Trinajstić information content (AvgIpc) is 3.33. The number of nitrogens with one attached hydrogen (secondary N) is 1. The summed E-state index contributed by atoms with van der Waals surface area (Å²) in [4.78, 5) is 4.23. The Morgan fingerprint density at radius 2 is 2.33 bits per heavy atom. The van der Waals surface area contributed by atoms with Gasteiger partial charge in [0, 0.05) is 12.0 Å². The van der Waals surface area contributed by atoms with E-state index in [2.05, 4.69) is 22.3 Å². The minimum atomic E-state index is -0.618. The van der Waals surface area contributed by atoms with Gasteiger partial charge in [-0.2, -0.15) is 0 Å². The van der Waals surface area contributed by atoms with Crippen LogP contribution in [-0.4, -0.2) is 45.1 Å². The molecule has 0 aromatic carbocycles. The van der Waals surface area contributed by atoms with Gasteiger partial charge in [0.25, 0.3) is 0 Å². The topological polar surface area (TPSA) is 71.7 Å². The minimum Gasteiger partial charge on any atom is -0.389 e. The number of aliphatic hydroxyl groups excluding tert-OH is 1. The highest BCUT2D eigenvalue weighted by Crippen LogP contribution is 2.53. The molecule has 2 aliphatic rings. The molecule has 24 heavy (non-hydrogen) atoms. The summed E-state index contributed by atoms with van der Waals surface area (Å²) in [7, 11) is 0. The zero-order valence-electron chi connectivity index (χ0n) is 13.4. The quantitative estimate of drug-likeness (QED) is 0.882. The second-order valence-corrected chi connectivity index (χ2v) is 7.05. The van der Waals surface area contributed by atoms with Crippen LogP contribution in [0.2, 0.25) is 5.02 Å². The first-order valence-electron chi connectivity index (χ1n) is 8.31. The smallest absolute Gasteiger partial charge is 0.241 e. The van der Waals surface area contributed by atoms with Crippen LogP contribution in [0.15, 0.2) is 6.20 Å². The molecule has 2 aromatic heterocycles. The van der Waals surface area contributed by atoms with Crippen molar-refractivity contribution in [2.24, 2.45) is 0 Å². The van der Waals surface area contributed by atoms with Crippen molar-refractivity contribution < 1.29 is 14.2 Å². The normalized spacial score (nSPS) is 25.8. The zero-order valence-corrected chi connectivity index (χ0v) is 14.2. The van der Waals surface area contributed by atoms with Crippen molar-refractivity contribution in [1.29, 1.82) is 0 Å². The van der Waals surface area contributed by atoms with Crippen LogP contribution in [0.1, 0.15) is 38.3 Å². The zero-order chi connectivity index (χ0) is 16.9. The fourth-order valence-corrected chi connectivity index (χ4v) is 3.69. The summed E-state index contributed by atoms with van der Waals surface area (Å²) >= 11 is 6.15. The van der Waals surface area contributed by atoms with Crippen molar-refractivity contribution in [3.8, 4) is 0 Å². The molecule has 2 aromatic rings. The number of hydrogen-bond acceptors (Lipinski definition) is 5. The molecule has 2 N–H and O–H groups in total. The third kappa shape index (κ3) is 2.46. The number of fused-ring (bicyclic) bond motifs is 1. The third-order valence-corrected chi connectivity index (χ3v) is 5.60. The van der Waals surface area contributed by atoms with Crippen LogP contribution in [0, 0.1) is 5.82 Å². The number of nitrogens with zero attached hydrogens (tertiary/aromatic N) is 3. The number of aliphatic hydroxyl groups is 1. The molecule has 8 heteroatoms. The van der Waals surface area contributed by atoms with E-state index in [1.54, 1.807) is 4.52 Å². The van der Waals surface area contributed by atoms with E-state index in [0.717, 1.165) is 19.3 Å². The molecule has 0 amide bonds. The molecular formula is C16H20ClFN4O2. The highest BCUT2D eigenvalue weighted by Gasteiger charge is 2.48. The van der Waals surface area contributed by atoms with Gasteiger partial charge in [-0.1, -0.05) is 18.5 Å². The second kappa shape index (κ2) is 5.82. The molecule has 4 rings (SSSR count). The molecule has 130 valence electrons. The van der Waals surface area contributed by atoms with Crippen molar-refractivity contribution in [3.05, 3.63) is 22.7 Å². The summed E-state index contributed by atoms with van der Waals surface area (Å²) in [5.74, 6) is -0.0400. The lowest BCUT2D eigenvalue weighted by Crippen LogP contribution is -2.42. The summed E-state index contributed by atoms with van der Waals surface area (Å²) in [5.41, 5.74) is 0.842. The number of anilines is 1. The minimum absolute atomic E-state index is 0.0716. The SMILES string of the molecule is CCC1(c2c(F)c(Cl)c3cnc(N[C@@H]4CCOC[C@H]4O)nn23)CC1. The van der Waals surface area contributed by atoms with Crippen molar-refractivity contribution >= 4 is 23.1 Å². The van der Waals surface area contributed by atoms with E-state index in [1.165, 1.54) is 6.20 Å². The van der Waals surface area contributed by atoms with Crippen LogP contribution in [-0.2, 0) is 10.2 Å². The van der Waals surface area contributed by atoms with E-state index in [-0.39, 0.29) is 23.1 Å². The maximum atomic E-state index is 14.7. The maximum absolute atomic E-state index is 14.7. The van der Waals surface area contributed by atoms with Gasteiger partial charge >= 0.3 is 0 Å². The van der Waals surface area contributed by atoms with Gasteiger partial charge in [-0.05, 0) is 25.7 Å². The van der Waals surface area contributed by atoms with Crippen LogP contribution >= 0.6 is 11.6 Å². The molecule has 1 saturated heterocycles. The lowest BCUT2D eigenvalue weighted by Gasteiger charge is -2.28. The van der Waals surface area contributed by atoms with E-state index in [4.69, 9.17) is 16.3 Å². The number of halogens is 2. The standard InChI is InChI=1S/C16H20ClFN4O2/c1-2-16(4-5-16)14-13(18)12(17)10-7-19-15(21-22(10)14)20-9-3-6-24-8-11(9)23/h7,9,11,23H,2-6,8H2,1H3,(H,20,21)/t9-,11-/m1/s1. The Morgan fingerprint density at radius 3 is 3.00 bits per heavy atom. The van der Waals surface area contributed by atoms with Gasteiger partial charge in [0.1, 0.15) is 10.5 Å². The summed E-state index contributed by atoms with van der Waals surface area (Å²) in [6.07, 6.45) is 4.30. The van der Waals surface area contributed by atoms with Gasteiger partial charge in [-0.25, -0.2) is 13.9 Å². The number of ether oxygens (including phenoxy) is 1. The Bertz CT molecular complexity index is 777. The van der Waals surface area contributed by atoms with E-state index >= 15 is 0 Å². The summed E-state index contributed by atoms with van der Waals surface area (Å²) in [6.45, 7) is 2.91. The van der Waals surface area contributed by atoms with Crippen molar-refractivity contribution in [1.82, 2.24) is 14.6 Å². The fraction of sp³-hybridized carbons (Fsp3) is 0.625. The Morgan fingerprint density at radius 1 is 1.54 bits per heavy atom. The Balaban J connectivity index is 1.73. The van der Waals surface area contributed by atoms with Gasteiger partial charge in [0.15, 0.2) is 5.82 Å². The van der Waals surface area contributed by atoms with Gasteiger partial charge in [-0.3, -0.25) is 0 Å². The number of rotatable bonds is 4. The molecule has 2 atom stereocenters. The molecule has 0 unspecified atom stereocenters. The van der Waals surface area contributed by atoms with E-state index in [9.17, 15) is 9.50 Å². The second-order valence-electron chi connectivity index (χ2n) is 6.67. The van der Waals surface area contributed by atoms with Gasteiger partial charge in [0.05, 0.1) is 30.6 Å². The average molecular weight is 355 g/mol. The predicted octanol–water partition coefficient (Wildman–Crippen LogP) is 2.53. The molecule has 1 aliphatic heterocycles. The summed E-state index contributed by atoms with van der Waals surface area (Å²) < 4.78 is 21.5. The van der Waals surface area contributed by atoms with E-state index < -0.39 is 11.9 Å². The Kier molecular flexibility index (Phi) is 3.89. The molecular weight excluding hydrogens is 335 g/mol. The van der Waals surface area contributed by atoms with Crippen LogP contribution in [0.3, 0.4) is 0 Å². The summed E-state index contributed by atoms with van der Waals surface area (Å²) in [5, 5.41) is 17.7. The molecule has 3 heterocycles. The molecule has 0 spiro atoms. The van der Waals surface area contributed by atoms with Crippen molar-refractivity contribution in [2.75, 3.05) is 18.5 Å². The third-order valence-electron chi connectivity index (χ3n) is 5.24. The maximum Gasteiger partial charge on any atom is 0.241 e. The van der Waals surface area contributed by atoms with Crippen molar-refractivity contribution in [2.45, 2.75) is 50.2 Å². The first kappa shape index (κ1) is 16.1. The molecule has 6 nitrogen and oxygen atoms in total. The lowest BCUT2D eigenvalue weighted by molar-refractivity contribution is -0.0136. The molecule has 0 radical (unpaired) electrons.